The van der Waals surface area contributed by atoms with E-state index in [1.807, 2.05) is 50.2 Å². The molecule has 0 saturated carbocycles. The fourth-order valence-electron chi connectivity index (χ4n) is 3.28. The van der Waals surface area contributed by atoms with Gasteiger partial charge in [-0.05, 0) is 50.2 Å². The lowest BCUT2D eigenvalue weighted by Crippen LogP contribution is -1.99. The molecule has 0 spiro atoms. The lowest BCUT2D eigenvalue weighted by atomic mass is 10.1. The van der Waals surface area contributed by atoms with Crippen LogP contribution in [0.2, 0.25) is 0 Å². The number of hydrogen-bond acceptors (Lipinski definition) is 4. The Morgan fingerprint density at radius 2 is 1.89 bits per heavy atom. The van der Waals surface area contributed by atoms with E-state index >= 15 is 0 Å². The van der Waals surface area contributed by atoms with Crippen LogP contribution in [-0.2, 0) is 7.05 Å². The molecule has 1 amide bonds. The van der Waals surface area contributed by atoms with E-state index in [1.165, 1.54) is 0 Å². The molecule has 4 rings (SSSR count). The van der Waals surface area contributed by atoms with Crippen LogP contribution in [0.3, 0.4) is 0 Å². The summed E-state index contributed by atoms with van der Waals surface area (Å²) in [5, 5.41) is 19.9. The molecule has 0 aliphatic rings. The standard InChI is InChI=1S/C21H17BrN4O2/c1-11-4-6-17-14(8-11)15(9-12(2)23-17)20(27)25-24-19-16-10-13(22)5-7-18(16)26(3)21(19)28/h4-10,28H,1-3H3. The normalized spacial score (nSPS) is 11.7. The molecule has 0 saturated heterocycles. The number of pyridine rings is 1. The van der Waals surface area contributed by atoms with Crippen molar-refractivity contribution in [3.8, 4) is 5.88 Å². The lowest BCUT2D eigenvalue weighted by Gasteiger charge is -2.05. The van der Waals surface area contributed by atoms with Gasteiger partial charge in [0.05, 0.1) is 16.6 Å². The van der Waals surface area contributed by atoms with Gasteiger partial charge in [-0.3, -0.25) is 9.78 Å². The number of hydrogen-bond donors (Lipinski definition) is 1. The van der Waals surface area contributed by atoms with Crippen molar-refractivity contribution in [3.05, 3.63) is 63.8 Å². The number of benzene rings is 2. The second-order valence-electron chi connectivity index (χ2n) is 6.73. The highest BCUT2D eigenvalue weighted by Crippen LogP contribution is 2.39. The molecule has 0 unspecified atom stereocenters. The van der Waals surface area contributed by atoms with E-state index in [-0.39, 0.29) is 11.6 Å². The van der Waals surface area contributed by atoms with Gasteiger partial charge in [0.2, 0.25) is 5.88 Å². The molecule has 2 aromatic heterocycles. The molecule has 7 heteroatoms. The zero-order valence-electron chi connectivity index (χ0n) is 15.6. The molecule has 0 aliphatic heterocycles. The van der Waals surface area contributed by atoms with Crippen LogP contribution >= 0.6 is 15.9 Å². The summed E-state index contributed by atoms with van der Waals surface area (Å²) in [5.74, 6) is -0.524. The number of carbonyl (C=O) groups is 1. The van der Waals surface area contributed by atoms with E-state index in [4.69, 9.17) is 0 Å². The summed E-state index contributed by atoms with van der Waals surface area (Å²) in [6, 6.07) is 13.0. The summed E-state index contributed by atoms with van der Waals surface area (Å²) in [6.45, 7) is 3.79. The zero-order chi connectivity index (χ0) is 20.0. The third-order valence-electron chi connectivity index (χ3n) is 4.67. The van der Waals surface area contributed by atoms with Crippen LogP contribution in [-0.4, -0.2) is 20.6 Å². The minimum Gasteiger partial charge on any atom is -0.493 e. The number of aromatic nitrogens is 2. The fourth-order valence-corrected chi connectivity index (χ4v) is 3.64. The van der Waals surface area contributed by atoms with Gasteiger partial charge in [-0.25, -0.2) is 0 Å². The maximum atomic E-state index is 12.8. The molecule has 4 aromatic rings. The average Bonchev–Trinajstić information content (AvgIpc) is 2.89. The summed E-state index contributed by atoms with van der Waals surface area (Å²) >= 11 is 3.42. The fraction of sp³-hybridized carbons (Fsp3) is 0.143. The van der Waals surface area contributed by atoms with E-state index in [0.717, 1.165) is 32.1 Å². The first kappa shape index (κ1) is 18.3. The van der Waals surface area contributed by atoms with Gasteiger partial charge in [0.15, 0.2) is 5.69 Å². The average molecular weight is 437 g/mol. The van der Waals surface area contributed by atoms with Crippen molar-refractivity contribution in [2.45, 2.75) is 13.8 Å². The Bertz CT molecular complexity index is 1290. The number of nitrogens with zero attached hydrogens (tertiary/aromatic N) is 4. The van der Waals surface area contributed by atoms with Crippen LogP contribution in [0.5, 0.6) is 5.88 Å². The Hall–Kier alpha value is -3.06. The van der Waals surface area contributed by atoms with E-state index in [2.05, 4.69) is 31.1 Å². The maximum absolute atomic E-state index is 12.8. The summed E-state index contributed by atoms with van der Waals surface area (Å²) in [7, 11) is 1.73. The Morgan fingerprint density at radius 3 is 2.68 bits per heavy atom. The van der Waals surface area contributed by atoms with Crippen molar-refractivity contribution in [1.29, 1.82) is 0 Å². The monoisotopic (exact) mass is 436 g/mol. The zero-order valence-corrected chi connectivity index (χ0v) is 17.1. The lowest BCUT2D eigenvalue weighted by molar-refractivity contribution is 0.0996. The minimum absolute atomic E-state index is 0.0451. The van der Waals surface area contributed by atoms with Crippen molar-refractivity contribution in [3.63, 3.8) is 0 Å². The van der Waals surface area contributed by atoms with Gasteiger partial charge in [0.25, 0.3) is 5.91 Å². The van der Waals surface area contributed by atoms with E-state index in [9.17, 15) is 9.90 Å². The summed E-state index contributed by atoms with van der Waals surface area (Å²) < 4.78 is 2.45. The Balaban J connectivity index is 1.82. The highest BCUT2D eigenvalue weighted by Gasteiger charge is 2.16. The van der Waals surface area contributed by atoms with E-state index in [0.29, 0.717) is 10.9 Å². The molecular weight excluding hydrogens is 420 g/mol. The van der Waals surface area contributed by atoms with Crippen LogP contribution in [0.1, 0.15) is 21.6 Å². The molecule has 0 atom stereocenters. The first-order valence-corrected chi connectivity index (χ1v) is 9.45. The number of amides is 1. The van der Waals surface area contributed by atoms with E-state index in [1.54, 1.807) is 17.7 Å². The molecule has 2 heterocycles. The van der Waals surface area contributed by atoms with Crippen molar-refractivity contribution in [2.24, 2.45) is 17.3 Å². The summed E-state index contributed by atoms with van der Waals surface area (Å²) in [4.78, 5) is 17.3. The number of carbonyl (C=O) groups excluding carboxylic acids is 1. The number of fused-ring (bicyclic) bond motifs is 2. The first-order valence-electron chi connectivity index (χ1n) is 8.66. The Labute approximate surface area is 169 Å². The molecule has 0 fully saturated rings. The number of aryl methyl sites for hydroxylation is 3. The largest absolute Gasteiger partial charge is 0.493 e. The highest BCUT2D eigenvalue weighted by atomic mass is 79.9. The molecule has 140 valence electrons. The first-order chi connectivity index (χ1) is 13.3. The predicted octanol–water partition coefficient (Wildman–Crippen LogP) is 5.74. The number of rotatable bonds is 2. The second kappa shape index (κ2) is 6.83. The topological polar surface area (TPSA) is 79.8 Å². The van der Waals surface area contributed by atoms with E-state index < -0.39 is 5.91 Å². The SMILES string of the molecule is Cc1ccc2nc(C)cc(C(=O)N=Nc3c(O)n(C)c4ccc(Br)cc34)c2c1. The van der Waals surface area contributed by atoms with Crippen molar-refractivity contribution in [2.75, 3.05) is 0 Å². The van der Waals surface area contributed by atoms with Gasteiger partial charge in [0.1, 0.15) is 0 Å². The molecule has 0 bridgehead atoms. The van der Waals surface area contributed by atoms with Gasteiger partial charge in [-0.2, -0.15) is 0 Å². The van der Waals surface area contributed by atoms with Crippen LogP contribution < -0.4 is 0 Å². The molecular formula is C21H17BrN4O2. The molecule has 0 radical (unpaired) electrons. The molecule has 28 heavy (non-hydrogen) atoms. The van der Waals surface area contributed by atoms with Crippen molar-refractivity contribution in [1.82, 2.24) is 9.55 Å². The molecule has 1 N–H and O–H groups in total. The molecule has 2 aromatic carbocycles. The second-order valence-corrected chi connectivity index (χ2v) is 7.65. The number of azo groups is 1. The number of halogens is 1. The summed E-state index contributed by atoms with van der Waals surface area (Å²) in [5.41, 5.74) is 3.99. The molecule has 0 aliphatic carbocycles. The van der Waals surface area contributed by atoms with Crippen molar-refractivity contribution < 1.29 is 9.90 Å². The predicted molar refractivity (Wildman–Crippen MR) is 112 cm³/mol. The van der Waals surface area contributed by atoms with Gasteiger partial charge < -0.3 is 9.67 Å². The number of aromatic hydroxyl groups is 1. The molecule has 6 nitrogen and oxygen atoms in total. The van der Waals surface area contributed by atoms with Crippen LogP contribution in [0.15, 0.2) is 57.2 Å². The Kier molecular flexibility index (Phi) is 4.47. The third-order valence-corrected chi connectivity index (χ3v) is 5.16. The minimum atomic E-state index is -0.479. The highest BCUT2D eigenvalue weighted by molar-refractivity contribution is 9.10. The van der Waals surface area contributed by atoms with Crippen LogP contribution in [0.4, 0.5) is 5.69 Å². The summed E-state index contributed by atoms with van der Waals surface area (Å²) in [6.07, 6.45) is 0. The van der Waals surface area contributed by atoms with Gasteiger partial charge in [-0.15, -0.1) is 10.2 Å². The van der Waals surface area contributed by atoms with Crippen LogP contribution in [0, 0.1) is 13.8 Å². The quantitative estimate of drug-likeness (QED) is 0.407. The maximum Gasteiger partial charge on any atom is 0.296 e. The van der Waals surface area contributed by atoms with Gasteiger partial charge in [0, 0.05) is 28.0 Å². The third kappa shape index (κ3) is 3.07. The van der Waals surface area contributed by atoms with Crippen molar-refractivity contribution >= 4 is 49.3 Å². The van der Waals surface area contributed by atoms with Crippen LogP contribution in [0.25, 0.3) is 21.8 Å². The van der Waals surface area contributed by atoms with Gasteiger partial charge in [-0.1, -0.05) is 27.6 Å². The van der Waals surface area contributed by atoms with Gasteiger partial charge >= 0.3 is 0 Å². The Morgan fingerprint density at radius 1 is 1.11 bits per heavy atom. The smallest absolute Gasteiger partial charge is 0.296 e.